The minimum Gasteiger partial charge on any atom is -0.345 e. The molecule has 1 aliphatic heterocycles. The molecule has 3 nitrogen and oxygen atoms in total. The van der Waals surface area contributed by atoms with Crippen LogP contribution in [-0.4, -0.2) is 23.9 Å². The van der Waals surface area contributed by atoms with E-state index < -0.39 is 0 Å². The first-order valence-electron chi connectivity index (χ1n) is 11.0. The van der Waals surface area contributed by atoms with Gasteiger partial charge in [0.2, 0.25) is 0 Å². The number of benzene rings is 2. The van der Waals surface area contributed by atoms with Crippen molar-refractivity contribution < 1.29 is 4.79 Å². The Kier molecular flexibility index (Phi) is 6.11. The van der Waals surface area contributed by atoms with Crippen LogP contribution in [0, 0.1) is 0 Å². The summed E-state index contributed by atoms with van der Waals surface area (Å²) < 4.78 is 0. The number of amides is 1. The highest BCUT2D eigenvalue weighted by Crippen LogP contribution is 2.26. The largest absolute Gasteiger partial charge is 0.345 e. The van der Waals surface area contributed by atoms with Crippen molar-refractivity contribution in [2.24, 2.45) is 0 Å². The molecule has 0 unspecified atom stereocenters. The lowest BCUT2D eigenvalue weighted by molar-refractivity contribution is 0.0935. The molecule has 0 spiro atoms. The maximum atomic E-state index is 12.8. The number of nitrogens with zero attached hydrogens (tertiary/aromatic N) is 1. The molecule has 2 aromatic carbocycles. The van der Waals surface area contributed by atoms with E-state index in [2.05, 4.69) is 47.5 Å². The lowest BCUT2D eigenvalue weighted by atomic mass is 9.88. The van der Waals surface area contributed by atoms with E-state index in [0.717, 1.165) is 18.5 Å². The number of hydrogen-bond donors (Lipinski definition) is 1. The number of carbonyl (C=O) groups is 1. The highest BCUT2D eigenvalue weighted by atomic mass is 16.1. The van der Waals surface area contributed by atoms with E-state index in [1.807, 2.05) is 12.1 Å². The van der Waals surface area contributed by atoms with Gasteiger partial charge in [0.15, 0.2) is 0 Å². The number of likely N-dealkylation sites (tertiary alicyclic amines) is 1. The fourth-order valence-corrected chi connectivity index (χ4v) is 4.59. The van der Waals surface area contributed by atoms with Gasteiger partial charge in [-0.1, -0.05) is 37.3 Å². The molecule has 0 bridgehead atoms. The van der Waals surface area contributed by atoms with Gasteiger partial charge in [0.1, 0.15) is 0 Å². The molecule has 2 aromatic rings. The Morgan fingerprint density at radius 1 is 0.964 bits per heavy atom. The Labute approximate surface area is 169 Å². The van der Waals surface area contributed by atoms with Crippen molar-refractivity contribution in [2.45, 2.75) is 64.5 Å². The zero-order valence-corrected chi connectivity index (χ0v) is 17.0. The third kappa shape index (κ3) is 4.47. The predicted molar refractivity (Wildman–Crippen MR) is 115 cm³/mol. The van der Waals surface area contributed by atoms with Gasteiger partial charge < -0.3 is 5.32 Å². The Morgan fingerprint density at radius 3 is 2.39 bits per heavy atom. The first kappa shape index (κ1) is 19.2. The van der Waals surface area contributed by atoms with Crippen LogP contribution in [0.2, 0.25) is 0 Å². The quantitative estimate of drug-likeness (QED) is 0.766. The molecule has 1 heterocycles. The first-order chi connectivity index (χ1) is 13.7. The number of nitrogens with one attached hydrogen (secondary N) is 1. The number of rotatable bonds is 6. The fraction of sp³-hybridized carbons (Fsp3) is 0.480. The van der Waals surface area contributed by atoms with Crippen LogP contribution in [0.5, 0.6) is 0 Å². The molecule has 4 rings (SSSR count). The van der Waals surface area contributed by atoms with Crippen LogP contribution in [0.25, 0.3) is 0 Å². The second kappa shape index (κ2) is 8.91. The molecule has 0 aromatic heterocycles. The minimum atomic E-state index is 0.0253. The van der Waals surface area contributed by atoms with Crippen LogP contribution in [0.4, 0.5) is 0 Å². The van der Waals surface area contributed by atoms with E-state index in [1.54, 1.807) is 0 Å². The summed E-state index contributed by atoms with van der Waals surface area (Å²) in [6.45, 7) is 5.53. The van der Waals surface area contributed by atoms with E-state index >= 15 is 0 Å². The molecule has 28 heavy (non-hydrogen) atoms. The molecule has 2 aliphatic rings. The Hall–Kier alpha value is -2.13. The molecule has 1 saturated heterocycles. The molecular weight excluding hydrogens is 344 g/mol. The highest BCUT2D eigenvalue weighted by Gasteiger charge is 2.17. The number of fused-ring (bicyclic) bond motifs is 1. The van der Waals surface area contributed by atoms with Gasteiger partial charge in [0.25, 0.3) is 5.91 Å². The first-order valence-corrected chi connectivity index (χ1v) is 11.0. The van der Waals surface area contributed by atoms with Gasteiger partial charge in [-0.3, -0.25) is 9.69 Å². The van der Waals surface area contributed by atoms with Crippen molar-refractivity contribution >= 4 is 5.91 Å². The third-order valence-corrected chi connectivity index (χ3v) is 6.31. The van der Waals surface area contributed by atoms with E-state index in [-0.39, 0.29) is 11.9 Å². The van der Waals surface area contributed by atoms with Crippen LogP contribution >= 0.6 is 0 Å². The highest BCUT2D eigenvalue weighted by molar-refractivity contribution is 5.94. The van der Waals surface area contributed by atoms with Gasteiger partial charge in [0, 0.05) is 12.1 Å². The smallest absolute Gasteiger partial charge is 0.251 e. The lowest BCUT2D eigenvalue weighted by Crippen LogP contribution is -2.28. The molecule has 1 N–H and O–H groups in total. The van der Waals surface area contributed by atoms with Gasteiger partial charge in [-0.15, -0.1) is 0 Å². The van der Waals surface area contributed by atoms with Gasteiger partial charge >= 0.3 is 0 Å². The van der Waals surface area contributed by atoms with Crippen LogP contribution in [-0.2, 0) is 19.4 Å². The van der Waals surface area contributed by atoms with Crippen LogP contribution in [0.1, 0.15) is 77.7 Å². The Morgan fingerprint density at radius 2 is 1.68 bits per heavy atom. The van der Waals surface area contributed by atoms with Crippen molar-refractivity contribution in [2.75, 3.05) is 13.1 Å². The maximum Gasteiger partial charge on any atom is 0.251 e. The van der Waals surface area contributed by atoms with E-state index in [4.69, 9.17) is 0 Å². The minimum absolute atomic E-state index is 0.0253. The molecule has 1 amide bonds. The molecule has 1 fully saturated rings. The van der Waals surface area contributed by atoms with Gasteiger partial charge in [-0.05, 0) is 92.4 Å². The van der Waals surface area contributed by atoms with Gasteiger partial charge in [0.05, 0.1) is 6.04 Å². The summed E-state index contributed by atoms with van der Waals surface area (Å²) in [5, 5.41) is 3.25. The van der Waals surface area contributed by atoms with Crippen LogP contribution in [0.3, 0.4) is 0 Å². The summed E-state index contributed by atoms with van der Waals surface area (Å²) in [5.41, 5.74) is 6.25. The molecule has 1 atom stereocenters. The summed E-state index contributed by atoms with van der Waals surface area (Å²) in [4.78, 5) is 15.3. The summed E-state index contributed by atoms with van der Waals surface area (Å²) >= 11 is 0. The SMILES string of the molecule is CC[C@H](NC(=O)c1ccc(CN2CCCC2)cc1)c1ccc2c(c1)CCCC2. The molecule has 148 valence electrons. The number of aryl methyl sites for hydroxylation is 2. The zero-order chi connectivity index (χ0) is 19.3. The van der Waals surface area contributed by atoms with Gasteiger partial charge in [-0.25, -0.2) is 0 Å². The second-order valence-corrected chi connectivity index (χ2v) is 8.35. The maximum absolute atomic E-state index is 12.8. The Balaban J connectivity index is 1.41. The summed E-state index contributed by atoms with van der Waals surface area (Å²) in [5.74, 6) is 0.0253. The molecule has 3 heteroatoms. The Bertz CT molecular complexity index is 806. The molecule has 1 aliphatic carbocycles. The average Bonchev–Trinajstić information content (AvgIpc) is 3.25. The standard InChI is InChI=1S/C25H32N2O/c1-2-24(23-14-13-20-7-3-4-8-22(20)17-23)26-25(28)21-11-9-19(10-12-21)18-27-15-5-6-16-27/h9-14,17,24H,2-8,15-16,18H2,1H3,(H,26,28)/t24-/m0/s1. The fourth-order valence-electron chi connectivity index (χ4n) is 4.59. The number of carbonyl (C=O) groups excluding carboxylic acids is 1. The molecule has 0 saturated carbocycles. The summed E-state index contributed by atoms with van der Waals surface area (Å²) in [6.07, 6.45) is 8.47. The van der Waals surface area contributed by atoms with E-state index in [9.17, 15) is 4.79 Å². The zero-order valence-electron chi connectivity index (χ0n) is 17.0. The van der Waals surface area contributed by atoms with Crippen molar-refractivity contribution in [3.05, 3.63) is 70.3 Å². The van der Waals surface area contributed by atoms with Crippen molar-refractivity contribution in [3.63, 3.8) is 0 Å². The summed E-state index contributed by atoms with van der Waals surface area (Å²) in [7, 11) is 0. The van der Waals surface area contributed by atoms with Crippen molar-refractivity contribution in [3.8, 4) is 0 Å². The van der Waals surface area contributed by atoms with Gasteiger partial charge in [-0.2, -0.15) is 0 Å². The normalized spacial score (nSPS) is 17.9. The predicted octanol–water partition coefficient (Wildman–Crippen LogP) is 5.04. The topological polar surface area (TPSA) is 32.3 Å². The number of hydrogen-bond acceptors (Lipinski definition) is 2. The van der Waals surface area contributed by atoms with E-state index in [1.165, 1.54) is 73.9 Å². The average molecular weight is 377 g/mol. The van der Waals surface area contributed by atoms with Crippen LogP contribution in [0.15, 0.2) is 42.5 Å². The van der Waals surface area contributed by atoms with Crippen molar-refractivity contribution in [1.29, 1.82) is 0 Å². The van der Waals surface area contributed by atoms with Crippen LogP contribution < -0.4 is 5.32 Å². The van der Waals surface area contributed by atoms with E-state index in [0.29, 0.717) is 0 Å². The molecular formula is C25H32N2O. The third-order valence-electron chi connectivity index (χ3n) is 6.31. The van der Waals surface area contributed by atoms with Crippen molar-refractivity contribution in [1.82, 2.24) is 10.2 Å². The monoisotopic (exact) mass is 376 g/mol. The molecule has 0 radical (unpaired) electrons. The summed E-state index contributed by atoms with van der Waals surface area (Å²) in [6, 6.07) is 15.0. The second-order valence-electron chi connectivity index (χ2n) is 8.35. The lowest BCUT2D eigenvalue weighted by Gasteiger charge is -2.22.